The smallest absolute Gasteiger partial charge is 0.269 e. The molecule has 0 saturated heterocycles. The molecule has 0 spiro atoms. The van der Waals surface area contributed by atoms with Gasteiger partial charge >= 0.3 is 0 Å². The zero-order chi connectivity index (χ0) is 22.5. The van der Waals surface area contributed by atoms with Crippen LogP contribution in [-0.4, -0.2) is 32.9 Å². The van der Waals surface area contributed by atoms with E-state index in [0.717, 1.165) is 5.56 Å². The van der Waals surface area contributed by atoms with E-state index in [1.54, 1.807) is 7.05 Å². The van der Waals surface area contributed by atoms with Crippen LogP contribution in [0.3, 0.4) is 0 Å². The first-order chi connectivity index (χ1) is 14.7. The van der Waals surface area contributed by atoms with Gasteiger partial charge in [0.1, 0.15) is 0 Å². The Labute approximate surface area is 185 Å². The predicted molar refractivity (Wildman–Crippen MR) is 117 cm³/mol. The number of nitrogens with zero attached hydrogens (tertiary/aromatic N) is 4. The lowest BCUT2D eigenvalue weighted by atomic mass is 10.0. The summed E-state index contributed by atoms with van der Waals surface area (Å²) >= 11 is 6.12. The molecular formula is C22H23ClN4O4. The molecular weight excluding hydrogens is 420 g/mol. The Bertz CT molecular complexity index is 1080. The molecule has 0 aliphatic heterocycles. The zero-order valence-corrected chi connectivity index (χ0v) is 18.3. The van der Waals surface area contributed by atoms with E-state index in [1.807, 2.05) is 24.3 Å². The van der Waals surface area contributed by atoms with Gasteiger partial charge in [0.05, 0.1) is 4.92 Å². The van der Waals surface area contributed by atoms with Crippen molar-refractivity contribution in [1.82, 2.24) is 15.0 Å². The van der Waals surface area contributed by atoms with Crippen molar-refractivity contribution in [2.24, 2.45) is 0 Å². The Morgan fingerprint density at radius 3 is 2.58 bits per heavy atom. The number of benzene rings is 2. The van der Waals surface area contributed by atoms with E-state index in [2.05, 4.69) is 24.0 Å². The summed E-state index contributed by atoms with van der Waals surface area (Å²) in [5.74, 6) is 1.13. The Balaban J connectivity index is 1.58. The maximum absolute atomic E-state index is 12.5. The van der Waals surface area contributed by atoms with Gasteiger partial charge in [-0.05, 0) is 23.1 Å². The molecule has 0 aliphatic carbocycles. The van der Waals surface area contributed by atoms with Crippen molar-refractivity contribution in [2.45, 2.75) is 39.2 Å². The molecule has 162 valence electrons. The Morgan fingerprint density at radius 1 is 1.23 bits per heavy atom. The van der Waals surface area contributed by atoms with E-state index >= 15 is 0 Å². The lowest BCUT2D eigenvalue weighted by Crippen LogP contribution is -2.26. The lowest BCUT2D eigenvalue weighted by molar-refractivity contribution is -0.384. The summed E-state index contributed by atoms with van der Waals surface area (Å²) < 4.78 is 5.28. The second kappa shape index (κ2) is 9.70. The van der Waals surface area contributed by atoms with E-state index < -0.39 is 4.92 Å². The number of aryl methyl sites for hydroxylation is 1. The van der Waals surface area contributed by atoms with Crippen LogP contribution in [0.1, 0.15) is 43.2 Å². The molecule has 0 radical (unpaired) electrons. The fraction of sp³-hybridized carbons (Fsp3) is 0.318. The van der Waals surface area contributed by atoms with Crippen molar-refractivity contribution in [3.8, 4) is 11.4 Å². The number of carbonyl (C=O) groups excluding carboxylic acids is 1. The normalized spacial score (nSPS) is 11.0. The van der Waals surface area contributed by atoms with Crippen molar-refractivity contribution >= 4 is 23.2 Å². The van der Waals surface area contributed by atoms with E-state index in [4.69, 9.17) is 16.1 Å². The highest BCUT2D eigenvalue weighted by molar-refractivity contribution is 6.31. The molecule has 0 N–H and O–H groups in total. The third-order valence-electron chi connectivity index (χ3n) is 4.93. The number of carbonyl (C=O) groups is 1. The van der Waals surface area contributed by atoms with Gasteiger partial charge in [-0.1, -0.05) is 54.9 Å². The summed E-state index contributed by atoms with van der Waals surface area (Å²) in [6.07, 6.45) is 0.458. The second-order valence-electron chi connectivity index (χ2n) is 7.57. The van der Waals surface area contributed by atoms with Gasteiger partial charge in [0, 0.05) is 49.2 Å². The molecule has 3 aromatic rings. The van der Waals surface area contributed by atoms with Crippen LogP contribution in [0.15, 0.2) is 47.0 Å². The van der Waals surface area contributed by atoms with Crippen LogP contribution in [-0.2, 0) is 17.8 Å². The highest BCUT2D eigenvalue weighted by Crippen LogP contribution is 2.24. The molecule has 2 aromatic carbocycles. The van der Waals surface area contributed by atoms with Gasteiger partial charge < -0.3 is 9.42 Å². The van der Waals surface area contributed by atoms with Crippen LogP contribution in [0.5, 0.6) is 0 Å². The number of non-ortho nitro benzene ring substituents is 1. The number of nitro groups is 1. The monoisotopic (exact) mass is 442 g/mol. The van der Waals surface area contributed by atoms with Crippen LogP contribution in [0.4, 0.5) is 5.69 Å². The molecule has 0 atom stereocenters. The third-order valence-corrected chi connectivity index (χ3v) is 5.30. The van der Waals surface area contributed by atoms with Crippen LogP contribution in [0, 0.1) is 10.1 Å². The first kappa shape index (κ1) is 22.4. The average Bonchev–Trinajstić information content (AvgIpc) is 3.22. The second-order valence-corrected chi connectivity index (χ2v) is 7.98. The van der Waals surface area contributed by atoms with Crippen molar-refractivity contribution in [3.63, 3.8) is 0 Å². The van der Waals surface area contributed by atoms with Gasteiger partial charge in [0.2, 0.25) is 17.6 Å². The minimum absolute atomic E-state index is 0.0694. The van der Waals surface area contributed by atoms with Gasteiger partial charge in [-0.3, -0.25) is 14.9 Å². The number of hydrogen-bond acceptors (Lipinski definition) is 6. The maximum atomic E-state index is 12.5. The van der Waals surface area contributed by atoms with Crippen molar-refractivity contribution < 1.29 is 14.2 Å². The molecule has 0 unspecified atom stereocenters. The molecule has 1 heterocycles. The van der Waals surface area contributed by atoms with Gasteiger partial charge in [-0.15, -0.1) is 0 Å². The summed E-state index contributed by atoms with van der Waals surface area (Å²) in [6.45, 7) is 4.42. The minimum Gasteiger partial charge on any atom is -0.341 e. The lowest BCUT2D eigenvalue weighted by Gasteiger charge is -2.17. The fourth-order valence-corrected chi connectivity index (χ4v) is 3.21. The third kappa shape index (κ3) is 5.67. The highest BCUT2D eigenvalue weighted by Gasteiger charge is 2.16. The average molecular weight is 443 g/mol. The number of halogens is 1. The number of amides is 1. The van der Waals surface area contributed by atoms with Gasteiger partial charge in [0.25, 0.3) is 5.69 Å². The van der Waals surface area contributed by atoms with Gasteiger partial charge in [-0.2, -0.15) is 4.98 Å². The first-order valence-electron chi connectivity index (χ1n) is 9.84. The molecule has 3 rings (SSSR count). The molecule has 8 nitrogen and oxygen atoms in total. The molecule has 1 aromatic heterocycles. The summed E-state index contributed by atoms with van der Waals surface area (Å²) in [6, 6.07) is 12.1. The first-order valence-corrected chi connectivity index (χ1v) is 10.2. The maximum Gasteiger partial charge on any atom is 0.269 e. The molecule has 0 bridgehead atoms. The molecule has 0 aliphatic rings. The summed E-state index contributed by atoms with van der Waals surface area (Å²) in [5, 5.41) is 15.3. The fourth-order valence-electron chi connectivity index (χ4n) is 3.04. The highest BCUT2D eigenvalue weighted by atomic mass is 35.5. The SMILES string of the molecule is CC(C)c1ccc(-c2noc(CCC(=O)N(C)Cc3cc([N+](=O)[O-])ccc3Cl)n2)cc1. The predicted octanol–water partition coefficient (Wildman–Crippen LogP) is 5.01. The molecule has 31 heavy (non-hydrogen) atoms. The molecule has 1 amide bonds. The van der Waals surface area contributed by atoms with Crippen molar-refractivity contribution in [3.05, 3.63) is 74.6 Å². The topological polar surface area (TPSA) is 102 Å². The Kier molecular flexibility index (Phi) is 7.02. The summed E-state index contributed by atoms with van der Waals surface area (Å²) in [4.78, 5) is 28.8. The van der Waals surface area contributed by atoms with E-state index in [1.165, 1.54) is 28.7 Å². The number of rotatable bonds is 8. The van der Waals surface area contributed by atoms with Crippen molar-refractivity contribution in [1.29, 1.82) is 0 Å². The number of hydrogen-bond donors (Lipinski definition) is 0. The molecule has 9 heteroatoms. The van der Waals surface area contributed by atoms with E-state index in [-0.39, 0.29) is 24.6 Å². The van der Waals surface area contributed by atoms with Crippen molar-refractivity contribution in [2.75, 3.05) is 7.05 Å². The van der Waals surface area contributed by atoms with E-state index in [0.29, 0.717) is 34.6 Å². The zero-order valence-electron chi connectivity index (χ0n) is 17.5. The van der Waals surface area contributed by atoms with Crippen LogP contribution in [0.2, 0.25) is 5.02 Å². The molecule has 0 fully saturated rings. The Hall–Kier alpha value is -3.26. The quantitative estimate of drug-likeness (QED) is 0.358. The Morgan fingerprint density at radius 2 is 1.94 bits per heavy atom. The van der Waals surface area contributed by atoms with Crippen LogP contribution < -0.4 is 0 Å². The van der Waals surface area contributed by atoms with Crippen LogP contribution >= 0.6 is 11.6 Å². The minimum atomic E-state index is -0.495. The van der Waals surface area contributed by atoms with Crippen LogP contribution in [0.25, 0.3) is 11.4 Å². The van der Waals surface area contributed by atoms with Gasteiger partial charge in [0.15, 0.2) is 0 Å². The van der Waals surface area contributed by atoms with E-state index in [9.17, 15) is 14.9 Å². The van der Waals surface area contributed by atoms with Gasteiger partial charge in [-0.25, -0.2) is 0 Å². The summed E-state index contributed by atoms with van der Waals surface area (Å²) in [5.41, 5.74) is 2.52. The standard InChI is InChI=1S/C22H23ClN4O4/c1-14(2)15-4-6-16(7-5-15)22-24-20(31-25-22)10-11-21(28)26(3)13-17-12-18(27(29)30)8-9-19(17)23/h4-9,12,14H,10-11,13H2,1-3H3. The largest absolute Gasteiger partial charge is 0.341 e. The number of nitro benzene ring substituents is 1. The summed E-state index contributed by atoms with van der Waals surface area (Å²) in [7, 11) is 1.62. The molecule has 0 saturated carbocycles. The number of aromatic nitrogens is 2.